The number of aromatic nitrogens is 4. The lowest BCUT2D eigenvalue weighted by atomic mass is 10.2. The molecule has 3 heterocycles. The maximum absolute atomic E-state index is 12.9. The Morgan fingerprint density at radius 1 is 1.06 bits per heavy atom. The average molecular weight is 431 g/mol. The van der Waals surface area contributed by atoms with Crippen LogP contribution in [0.2, 0.25) is 0 Å². The van der Waals surface area contributed by atoms with Gasteiger partial charge in [0.1, 0.15) is 11.5 Å². The van der Waals surface area contributed by atoms with Crippen molar-refractivity contribution in [3.63, 3.8) is 0 Å². The Labute approximate surface area is 186 Å². The molecule has 4 rings (SSSR count). The fraction of sp³-hybridized carbons (Fsp3) is 0.250. The molecular formula is C24H25N5O3. The highest BCUT2D eigenvalue weighted by molar-refractivity contribution is 5.96. The minimum Gasteiger partial charge on any atom is -0.497 e. The van der Waals surface area contributed by atoms with Gasteiger partial charge in [-0.1, -0.05) is 6.07 Å². The second-order valence-corrected chi connectivity index (χ2v) is 7.41. The number of hydrogen-bond acceptors (Lipinski definition) is 6. The van der Waals surface area contributed by atoms with Crippen molar-refractivity contribution in [1.29, 1.82) is 0 Å². The van der Waals surface area contributed by atoms with Gasteiger partial charge in [0.2, 0.25) is 0 Å². The normalized spacial score (nSPS) is 10.8. The van der Waals surface area contributed by atoms with Gasteiger partial charge in [-0.15, -0.1) is 0 Å². The number of benzene rings is 1. The first-order chi connectivity index (χ1) is 15.6. The number of nitrogens with zero attached hydrogens (tertiary/aromatic N) is 5. The highest BCUT2D eigenvalue weighted by atomic mass is 16.5. The zero-order chi connectivity index (χ0) is 22.5. The number of carbonyl (C=O) groups is 1. The van der Waals surface area contributed by atoms with E-state index in [1.165, 1.54) is 0 Å². The van der Waals surface area contributed by atoms with E-state index >= 15 is 0 Å². The molecule has 1 amide bonds. The van der Waals surface area contributed by atoms with Crippen LogP contribution in [-0.4, -0.2) is 58.4 Å². The van der Waals surface area contributed by atoms with E-state index in [0.29, 0.717) is 36.5 Å². The zero-order valence-electron chi connectivity index (χ0n) is 18.4. The van der Waals surface area contributed by atoms with E-state index in [2.05, 4.69) is 15.1 Å². The molecule has 164 valence electrons. The molecule has 32 heavy (non-hydrogen) atoms. The van der Waals surface area contributed by atoms with Crippen molar-refractivity contribution in [3.05, 3.63) is 77.9 Å². The van der Waals surface area contributed by atoms with Crippen LogP contribution in [0.3, 0.4) is 0 Å². The molecule has 0 spiro atoms. The van der Waals surface area contributed by atoms with Gasteiger partial charge in [-0.05, 0) is 30.3 Å². The van der Waals surface area contributed by atoms with E-state index in [1.54, 1.807) is 49.4 Å². The Hall–Kier alpha value is -3.94. The zero-order valence-corrected chi connectivity index (χ0v) is 18.4. The second kappa shape index (κ2) is 9.47. The van der Waals surface area contributed by atoms with E-state index in [-0.39, 0.29) is 5.91 Å². The molecule has 3 aromatic heterocycles. The van der Waals surface area contributed by atoms with E-state index in [1.807, 2.05) is 42.5 Å². The van der Waals surface area contributed by atoms with Crippen molar-refractivity contribution < 1.29 is 14.3 Å². The van der Waals surface area contributed by atoms with E-state index in [9.17, 15) is 4.79 Å². The molecule has 8 heteroatoms. The van der Waals surface area contributed by atoms with Crippen molar-refractivity contribution in [1.82, 2.24) is 24.6 Å². The maximum atomic E-state index is 12.9. The largest absolute Gasteiger partial charge is 0.497 e. The van der Waals surface area contributed by atoms with Crippen molar-refractivity contribution in [3.8, 4) is 11.5 Å². The summed E-state index contributed by atoms with van der Waals surface area (Å²) in [6.45, 7) is 1.06. The summed E-state index contributed by atoms with van der Waals surface area (Å²) >= 11 is 0. The van der Waals surface area contributed by atoms with Gasteiger partial charge in [-0.25, -0.2) is 9.67 Å². The van der Waals surface area contributed by atoms with Crippen molar-refractivity contribution >= 4 is 16.9 Å². The monoisotopic (exact) mass is 431 g/mol. The first kappa shape index (κ1) is 21.3. The number of pyridine rings is 2. The number of rotatable bonds is 8. The fourth-order valence-electron chi connectivity index (χ4n) is 3.50. The van der Waals surface area contributed by atoms with Crippen molar-refractivity contribution in [2.45, 2.75) is 13.0 Å². The van der Waals surface area contributed by atoms with Crippen LogP contribution in [0.5, 0.6) is 11.5 Å². The molecule has 0 radical (unpaired) electrons. The molecule has 0 saturated heterocycles. The summed E-state index contributed by atoms with van der Waals surface area (Å²) in [6.07, 6.45) is 5.78. The molecule has 0 N–H and O–H groups in total. The maximum Gasteiger partial charge on any atom is 0.255 e. The molecule has 0 fully saturated rings. The van der Waals surface area contributed by atoms with Gasteiger partial charge in [0.25, 0.3) is 5.91 Å². The Morgan fingerprint density at radius 3 is 2.69 bits per heavy atom. The summed E-state index contributed by atoms with van der Waals surface area (Å²) in [4.78, 5) is 23.4. The van der Waals surface area contributed by atoms with Gasteiger partial charge in [0.15, 0.2) is 5.65 Å². The van der Waals surface area contributed by atoms with Gasteiger partial charge in [0, 0.05) is 55.1 Å². The van der Waals surface area contributed by atoms with Crippen LogP contribution in [0, 0.1) is 0 Å². The lowest BCUT2D eigenvalue weighted by molar-refractivity contribution is 0.0796. The lowest BCUT2D eigenvalue weighted by Crippen LogP contribution is -2.29. The topological polar surface area (TPSA) is 82.4 Å². The molecule has 0 aliphatic carbocycles. The summed E-state index contributed by atoms with van der Waals surface area (Å²) in [5, 5.41) is 5.27. The van der Waals surface area contributed by atoms with E-state index < -0.39 is 0 Å². The first-order valence-electron chi connectivity index (χ1n) is 10.3. The third kappa shape index (κ3) is 4.54. The number of amides is 1. The summed E-state index contributed by atoms with van der Waals surface area (Å²) in [7, 11) is 5.03. The minimum atomic E-state index is -0.0834. The fourth-order valence-corrected chi connectivity index (χ4v) is 3.50. The van der Waals surface area contributed by atoms with Gasteiger partial charge in [0.05, 0.1) is 32.5 Å². The number of methoxy groups -OCH3 is 2. The number of fused-ring (bicyclic) bond motifs is 1. The molecule has 0 aliphatic heterocycles. The van der Waals surface area contributed by atoms with Crippen LogP contribution < -0.4 is 9.47 Å². The molecule has 0 aliphatic rings. The minimum absolute atomic E-state index is 0.0834. The third-order valence-corrected chi connectivity index (χ3v) is 5.31. The number of likely N-dealkylation sites (N-methyl/N-ethyl adjacent to an activating group) is 1. The highest BCUT2D eigenvalue weighted by Crippen LogP contribution is 2.26. The third-order valence-electron chi connectivity index (χ3n) is 5.31. The Bertz CT molecular complexity index is 1220. The predicted octanol–water partition coefficient (Wildman–Crippen LogP) is 3.21. The first-order valence-corrected chi connectivity index (χ1v) is 10.3. The van der Waals surface area contributed by atoms with Gasteiger partial charge >= 0.3 is 0 Å². The quantitative estimate of drug-likeness (QED) is 0.426. The van der Waals surface area contributed by atoms with Crippen molar-refractivity contribution in [2.24, 2.45) is 0 Å². The summed E-state index contributed by atoms with van der Waals surface area (Å²) in [5.74, 6) is 1.36. The lowest BCUT2D eigenvalue weighted by Gasteiger charge is -2.17. The van der Waals surface area contributed by atoms with Crippen LogP contribution in [0.4, 0.5) is 0 Å². The number of carbonyl (C=O) groups excluding carboxylic acids is 1. The molecule has 0 bridgehead atoms. The smallest absolute Gasteiger partial charge is 0.255 e. The molecule has 1 aromatic carbocycles. The van der Waals surface area contributed by atoms with Gasteiger partial charge in [-0.3, -0.25) is 9.78 Å². The SMILES string of the molecule is COc1ccc(Cn2ncc3cc(C(=O)N(C)CCc4ccccn4)cnc32)c(OC)c1. The number of hydrogen-bond donors (Lipinski definition) is 0. The Kier molecular flexibility index (Phi) is 6.30. The summed E-state index contributed by atoms with van der Waals surface area (Å²) < 4.78 is 12.5. The molecule has 0 atom stereocenters. The van der Waals surface area contributed by atoms with Crippen LogP contribution in [0.25, 0.3) is 11.0 Å². The highest BCUT2D eigenvalue weighted by Gasteiger charge is 2.15. The molecule has 0 unspecified atom stereocenters. The Morgan fingerprint density at radius 2 is 1.94 bits per heavy atom. The second-order valence-electron chi connectivity index (χ2n) is 7.41. The van der Waals surface area contributed by atoms with Crippen LogP contribution >= 0.6 is 0 Å². The Balaban J connectivity index is 1.49. The van der Waals surface area contributed by atoms with Gasteiger partial charge in [-0.2, -0.15) is 5.10 Å². The average Bonchev–Trinajstić information content (AvgIpc) is 3.24. The standard InChI is InChI=1S/C24H25N5O3/c1-28(11-9-20-6-4-5-10-25-20)24(30)19-12-18-15-27-29(23(18)26-14-19)16-17-7-8-21(31-2)13-22(17)32-3/h4-8,10,12-15H,9,11,16H2,1-3H3. The molecule has 8 nitrogen and oxygen atoms in total. The van der Waals surface area contributed by atoms with Crippen LogP contribution in [-0.2, 0) is 13.0 Å². The molecule has 0 saturated carbocycles. The van der Waals surface area contributed by atoms with Gasteiger partial charge < -0.3 is 14.4 Å². The van der Waals surface area contributed by atoms with E-state index in [4.69, 9.17) is 9.47 Å². The number of ether oxygens (including phenoxy) is 2. The van der Waals surface area contributed by atoms with Crippen molar-refractivity contribution in [2.75, 3.05) is 27.8 Å². The van der Waals surface area contributed by atoms with E-state index in [0.717, 1.165) is 22.4 Å². The van der Waals surface area contributed by atoms with Crippen LogP contribution in [0.15, 0.2) is 61.1 Å². The van der Waals surface area contributed by atoms with Crippen LogP contribution in [0.1, 0.15) is 21.6 Å². The molecule has 4 aromatic rings. The summed E-state index contributed by atoms with van der Waals surface area (Å²) in [5.41, 5.74) is 3.14. The summed E-state index contributed by atoms with van der Waals surface area (Å²) in [6, 6.07) is 13.3. The predicted molar refractivity (Wildman–Crippen MR) is 121 cm³/mol. The molecular weight excluding hydrogens is 406 g/mol.